The Bertz CT molecular complexity index is 1410. The van der Waals surface area contributed by atoms with Gasteiger partial charge in [0.2, 0.25) is 0 Å². The van der Waals surface area contributed by atoms with Gasteiger partial charge in [0.1, 0.15) is 11.6 Å². The number of nitrogens with one attached hydrogen (secondary N) is 2. The number of amides is 2. The van der Waals surface area contributed by atoms with Gasteiger partial charge in [-0.25, -0.2) is 0 Å². The largest absolute Gasteiger partial charge is 0.493 e. The summed E-state index contributed by atoms with van der Waals surface area (Å²) in [5.74, 6) is -0.447. The summed E-state index contributed by atoms with van der Waals surface area (Å²) in [5.41, 5.74) is 1.96. The van der Waals surface area contributed by atoms with Crippen LogP contribution in [0.2, 0.25) is 0 Å². The lowest BCUT2D eigenvalue weighted by atomic mass is 10.1. The summed E-state index contributed by atoms with van der Waals surface area (Å²) in [4.78, 5) is 35.3. The van der Waals surface area contributed by atoms with E-state index in [1.165, 1.54) is 37.5 Å². The molecule has 0 saturated carbocycles. The molecule has 188 valence electrons. The lowest BCUT2D eigenvalue weighted by Gasteiger charge is -2.14. The highest BCUT2D eigenvalue weighted by Crippen LogP contribution is 2.34. The minimum atomic E-state index is -0.731. The Balaban J connectivity index is 1.74. The van der Waals surface area contributed by atoms with E-state index in [9.17, 15) is 25.0 Å². The molecule has 0 heterocycles. The molecule has 3 aromatic carbocycles. The second-order valence-corrected chi connectivity index (χ2v) is 8.83. The van der Waals surface area contributed by atoms with Crippen molar-refractivity contribution < 1.29 is 24.0 Å². The van der Waals surface area contributed by atoms with Crippen molar-refractivity contribution in [1.82, 2.24) is 0 Å². The Hall–Kier alpha value is -4.44. The van der Waals surface area contributed by atoms with E-state index in [2.05, 4.69) is 10.6 Å². The van der Waals surface area contributed by atoms with Crippen LogP contribution in [-0.2, 0) is 9.59 Å². The van der Waals surface area contributed by atoms with Crippen molar-refractivity contribution in [2.75, 3.05) is 24.4 Å². The van der Waals surface area contributed by atoms with Crippen LogP contribution in [0, 0.1) is 31.9 Å². The highest BCUT2D eigenvalue weighted by molar-refractivity contribution is 14.1. The van der Waals surface area contributed by atoms with E-state index in [-0.39, 0.29) is 29.5 Å². The number of nitrogens with zero attached hydrogens (tertiary/aromatic N) is 2. The first kappa shape index (κ1) is 27.2. The molecule has 0 aromatic heterocycles. The third-order valence-electron chi connectivity index (χ3n) is 4.93. The van der Waals surface area contributed by atoms with E-state index < -0.39 is 10.8 Å². The van der Waals surface area contributed by atoms with Crippen molar-refractivity contribution in [2.24, 2.45) is 0 Å². The normalized spacial score (nSPS) is 10.7. The van der Waals surface area contributed by atoms with Gasteiger partial charge in [-0.2, -0.15) is 5.26 Å². The number of anilines is 2. The summed E-state index contributed by atoms with van der Waals surface area (Å²) in [6, 6.07) is 17.8. The van der Waals surface area contributed by atoms with Gasteiger partial charge in [-0.3, -0.25) is 19.7 Å². The van der Waals surface area contributed by atoms with E-state index in [1.54, 1.807) is 24.3 Å². The van der Waals surface area contributed by atoms with E-state index in [0.29, 0.717) is 26.3 Å². The molecule has 0 fully saturated rings. The molecular formula is C26H21IN4O6. The average Bonchev–Trinajstić information content (AvgIpc) is 2.87. The molecule has 0 saturated heterocycles. The zero-order valence-electron chi connectivity index (χ0n) is 19.8. The maximum atomic E-state index is 12.6. The number of hydrogen-bond donors (Lipinski definition) is 2. The van der Waals surface area contributed by atoms with Crippen LogP contribution in [0.5, 0.6) is 11.5 Å². The monoisotopic (exact) mass is 612 g/mol. The number of carbonyl (C=O) groups excluding carboxylic acids is 2. The van der Waals surface area contributed by atoms with Gasteiger partial charge >= 0.3 is 0 Å². The number of non-ortho nitro benzene ring substituents is 1. The summed E-state index contributed by atoms with van der Waals surface area (Å²) < 4.78 is 11.7. The fourth-order valence-corrected chi connectivity index (χ4v) is 3.93. The molecule has 11 heteroatoms. The first-order chi connectivity index (χ1) is 17.7. The van der Waals surface area contributed by atoms with Crippen molar-refractivity contribution in [2.45, 2.75) is 6.92 Å². The van der Waals surface area contributed by atoms with Gasteiger partial charge in [0.15, 0.2) is 18.1 Å². The second-order valence-electron chi connectivity index (χ2n) is 7.67. The third-order valence-corrected chi connectivity index (χ3v) is 5.73. The zero-order chi connectivity index (χ0) is 26.9. The summed E-state index contributed by atoms with van der Waals surface area (Å²) in [5, 5.41) is 25.7. The Morgan fingerprint density at radius 1 is 1.11 bits per heavy atom. The molecule has 3 rings (SSSR count). The van der Waals surface area contributed by atoms with E-state index >= 15 is 0 Å². The predicted molar refractivity (Wildman–Crippen MR) is 146 cm³/mol. The smallest absolute Gasteiger partial charge is 0.271 e. The molecule has 3 aromatic rings. The quantitative estimate of drug-likeness (QED) is 0.113. The fourth-order valence-electron chi connectivity index (χ4n) is 3.15. The van der Waals surface area contributed by atoms with Crippen LogP contribution in [0.4, 0.5) is 17.1 Å². The number of nitriles is 1. The fraction of sp³-hybridized carbons (Fsp3) is 0.115. The molecule has 0 atom stereocenters. The minimum absolute atomic E-state index is 0.181. The molecule has 0 aliphatic carbocycles. The molecule has 2 N–H and O–H groups in total. The van der Waals surface area contributed by atoms with Gasteiger partial charge in [0.05, 0.1) is 15.6 Å². The number of halogens is 1. The highest BCUT2D eigenvalue weighted by atomic mass is 127. The van der Waals surface area contributed by atoms with Gasteiger partial charge in [0.25, 0.3) is 17.5 Å². The predicted octanol–water partition coefficient (Wildman–Crippen LogP) is 5.08. The molecule has 10 nitrogen and oxygen atoms in total. The lowest BCUT2D eigenvalue weighted by Crippen LogP contribution is -2.20. The van der Waals surface area contributed by atoms with Crippen molar-refractivity contribution in [3.05, 3.63) is 91.0 Å². The second kappa shape index (κ2) is 12.5. The van der Waals surface area contributed by atoms with Crippen LogP contribution < -0.4 is 20.1 Å². The highest BCUT2D eigenvalue weighted by Gasteiger charge is 2.16. The topological polar surface area (TPSA) is 144 Å². The molecule has 0 bridgehead atoms. The summed E-state index contributed by atoms with van der Waals surface area (Å²) >= 11 is 2.00. The number of hydrogen-bond acceptors (Lipinski definition) is 7. The average molecular weight is 612 g/mol. The molecule has 0 aliphatic rings. The summed E-state index contributed by atoms with van der Waals surface area (Å²) in [6.45, 7) is 1.69. The number of methoxy groups -OCH3 is 1. The van der Waals surface area contributed by atoms with Gasteiger partial charge in [-0.15, -0.1) is 0 Å². The van der Waals surface area contributed by atoms with Crippen LogP contribution in [0.1, 0.15) is 11.1 Å². The Morgan fingerprint density at radius 3 is 2.49 bits per heavy atom. The van der Waals surface area contributed by atoms with Gasteiger partial charge in [-0.05, 0) is 71.5 Å². The first-order valence-electron chi connectivity index (χ1n) is 10.7. The number of rotatable bonds is 9. The van der Waals surface area contributed by atoms with Gasteiger partial charge in [0, 0.05) is 23.5 Å². The van der Waals surface area contributed by atoms with E-state index in [0.717, 1.165) is 5.56 Å². The summed E-state index contributed by atoms with van der Waals surface area (Å²) in [6.07, 6.45) is 1.35. The molecule has 0 spiro atoms. The molecular weight excluding hydrogens is 591 g/mol. The number of carbonyl (C=O) groups is 2. The van der Waals surface area contributed by atoms with E-state index in [1.807, 2.05) is 47.7 Å². The first-order valence-corrected chi connectivity index (χ1v) is 11.8. The number of nitro benzene ring substituents is 1. The molecule has 0 aliphatic heterocycles. The van der Waals surface area contributed by atoms with Crippen LogP contribution in [0.25, 0.3) is 6.08 Å². The Kier molecular flexibility index (Phi) is 9.17. The van der Waals surface area contributed by atoms with Crippen molar-refractivity contribution in [1.29, 1.82) is 5.26 Å². The number of nitro groups is 1. The van der Waals surface area contributed by atoms with Crippen LogP contribution >= 0.6 is 22.6 Å². The number of aryl methyl sites for hydroxylation is 1. The zero-order valence-corrected chi connectivity index (χ0v) is 21.9. The van der Waals surface area contributed by atoms with Gasteiger partial charge < -0.3 is 20.1 Å². The van der Waals surface area contributed by atoms with Crippen molar-refractivity contribution in [3.8, 4) is 17.6 Å². The third kappa shape index (κ3) is 7.52. The summed E-state index contributed by atoms with van der Waals surface area (Å²) in [7, 11) is 1.43. The Labute approximate surface area is 226 Å². The maximum Gasteiger partial charge on any atom is 0.271 e. The standard InChI is InChI=1S/C26H21IN4O6/c1-16-6-8-19(9-7-16)29-24(32)15-37-25-22(27)11-17(12-23(25)36-2)10-18(14-28)26(33)30-20-4-3-5-21(13-20)31(34)35/h3-13H,15H2,1-2H3,(H,29,32)(H,30,33)/b18-10+. The van der Waals surface area contributed by atoms with Crippen LogP contribution in [0.3, 0.4) is 0 Å². The molecule has 2 amide bonds. The molecule has 0 radical (unpaired) electrons. The lowest BCUT2D eigenvalue weighted by molar-refractivity contribution is -0.384. The molecule has 0 unspecified atom stereocenters. The molecule has 37 heavy (non-hydrogen) atoms. The minimum Gasteiger partial charge on any atom is -0.493 e. The maximum absolute atomic E-state index is 12.6. The van der Waals surface area contributed by atoms with Crippen molar-refractivity contribution in [3.63, 3.8) is 0 Å². The van der Waals surface area contributed by atoms with Gasteiger partial charge in [-0.1, -0.05) is 23.8 Å². The number of benzene rings is 3. The van der Waals surface area contributed by atoms with E-state index in [4.69, 9.17) is 9.47 Å². The Morgan fingerprint density at radius 2 is 1.84 bits per heavy atom. The van der Waals surface area contributed by atoms with Crippen LogP contribution in [0.15, 0.2) is 66.2 Å². The number of ether oxygens (including phenoxy) is 2. The van der Waals surface area contributed by atoms with Crippen LogP contribution in [-0.4, -0.2) is 30.5 Å². The van der Waals surface area contributed by atoms with Crippen molar-refractivity contribution >= 4 is 57.5 Å². The SMILES string of the molecule is COc1cc(/C=C(\C#N)C(=O)Nc2cccc([N+](=O)[O-])c2)cc(I)c1OCC(=O)Nc1ccc(C)cc1.